The minimum atomic E-state index is -0.555. The predicted octanol–water partition coefficient (Wildman–Crippen LogP) is 4.75. The van der Waals surface area contributed by atoms with Gasteiger partial charge in [-0.15, -0.1) is 5.10 Å². The van der Waals surface area contributed by atoms with E-state index in [9.17, 15) is 4.79 Å². The van der Waals surface area contributed by atoms with Crippen LogP contribution < -0.4 is 11.1 Å². The Bertz CT molecular complexity index is 1160. The first-order valence-corrected chi connectivity index (χ1v) is 8.99. The molecule has 1 amide bonds. The number of fused-ring (bicyclic) bond motifs is 1. The smallest absolute Gasteiger partial charge is 0.267 e. The van der Waals surface area contributed by atoms with Crippen molar-refractivity contribution in [1.29, 1.82) is 0 Å². The molecule has 0 saturated heterocycles. The lowest BCUT2D eigenvalue weighted by molar-refractivity contribution is 0.0995. The SMILES string of the molecule is C.NC(=O)c1cc(Cc2nnc(Nc3ccc(Cl)cc3)c3ccccc23)ccn1. The van der Waals surface area contributed by atoms with E-state index in [4.69, 9.17) is 17.3 Å². The van der Waals surface area contributed by atoms with Crippen molar-refractivity contribution in [2.24, 2.45) is 5.73 Å². The molecule has 7 heteroatoms. The molecular weight excluding hydrogens is 386 g/mol. The van der Waals surface area contributed by atoms with Gasteiger partial charge in [0.05, 0.1) is 5.69 Å². The van der Waals surface area contributed by atoms with E-state index in [1.165, 1.54) is 0 Å². The number of rotatable bonds is 5. The molecule has 4 aromatic rings. The highest BCUT2D eigenvalue weighted by Crippen LogP contribution is 2.27. The number of halogens is 1. The van der Waals surface area contributed by atoms with Crippen molar-refractivity contribution >= 4 is 39.8 Å². The van der Waals surface area contributed by atoms with Crippen LogP contribution in [0, 0.1) is 0 Å². The molecule has 146 valence electrons. The number of nitrogens with zero attached hydrogens (tertiary/aromatic N) is 3. The van der Waals surface area contributed by atoms with Gasteiger partial charge in [-0.25, -0.2) is 0 Å². The fraction of sp³-hybridized carbons (Fsp3) is 0.0909. The summed E-state index contributed by atoms with van der Waals surface area (Å²) >= 11 is 5.95. The Morgan fingerprint density at radius 1 is 1.00 bits per heavy atom. The van der Waals surface area contributed by atoms with Crippen LogP contribution in [0.25, 0.3) is 10.8 Å². The van der Waals surface area contributed by atoms with Crippen molar-refractivity contribution in [2.45, 2.75) is 13.8 Å². The summed E-state index contributed by atoms with van der Waals surface area (Å²) in [4.78, 5) is 15.4. The van der Waals surface area contributed by atoms with Gasteiger partial charge in [-0.2, -0.15) is 5.10 Å². The lowest BCUT2D eigenvalue weighted by Gasteiger charge is -2.11. The largest absolute Gasteiger partial charge is 0.364 e. The van der Waals surface area contributed by atoms with Gasteiger partial charge in [0.2, 0.25) is 0 Å². The van der Waals surface area contributed by atoms with Crippen molar-refractivity contribution in [1.82, 2.24) is 15.2 Å². The summed E-state index contributed by atoms with van der Waals surface area (Å²) in [5.41, 5.74) is 8.12. The third-order valence-corrected chi connectivity index (χ3v) is 4.57. The molecule has 29 heavy (non-hydrogen) atoms. The van der Waals surface area contributed by atoms with Crippen LogP contribution in [-0.4, -0.2) is 21.1 Å². The zero-order valence-electron chi connectivity index (χ0n) is 14.8. The van der Waals surface area contributed by atoms with Crippen molar-refractivity contribution < 1.29 is 4.79 Å². The number of nitrogens with one attached hydrogen (secondary N) is 1. The molecule has 4 rings (SSSR count). The predicted molar refractivity (Wildman–Crippen MR) is 117 cm³/mol. The van der Waals surface area contributed by atoms with Crippen LogP contribution in [0.4, 0.5) is 11.5 Å². The van der Waals surface area contributed by atoms with Gasteiger partial charge in [0, 0.05) is 34.1 Å². The molecule has 0 spiro atoms. The van der Waals surface area contributed by atoms with Crippen LogP contribution in [0.2, 0.25) is 5.02 Å². The normalized spacial score (nSPS) is 10.4. The number of nitrogens with two attached hydrogens (primary N) is 1. The van der Waals surface area contributed by atoms with E-state index < -0.39 is 5.91 Å². The number of benzene rings is 2. The minimum Gasteiger partial charge on any atom is -0.364 e. The van der Waals surface area contributed by atoms with Gasteiger partial charge in [0.25, 0.3) is 5.91 Å². The van der Waals surface area contributed by atoms with Crippen LogP contribution in [0.3, 0.4) is 0 Å². The Kier molecular flexibility index (Phi) is 6.04. The summed E-state index contributed by atoms with van der Waals surface area (Å²) in [5.74, 6) is 0.106. The van der Waals surface area contributed by atoms with E-state index in [2.05, 4.69) is 20.5 Å². The lowest BCUT2D eigenvalue weighted by Crippen LogP contribution is -2.13. The number of amides is 1. The van der Waals surface area contributed by atoms with Gasteiger partial charge >= 0.3 is 0 Å². The number of hydrogen-bond donors (Lipinski definition) is 2. The molecular formula is C22H20ClN5O. The highest BCUT2D eigenvalue weighted by atomic mass is 35.5. The van der Waals surface area contributed by atoms with E-state index in [1.54, 1.807) is 12.3 Å². The molecule has 0 saturated carbocycles. The van der Waals surface area contributed by atoms with Gasteiger partial charge in [0.1, 0.15) is 5.69 Å². The maximum Gasteiger partial charge on any atom is 0.267 e. The number of aromatic nitrogens is 3. The molecule has 0 aliphatic rings. The van der Waals surface area contributed by atoms with Gasteiger partial charge in [-0.3, -0.25) is 9.78 Å². The molecule has 2 aromatic carbocycles. The van der Waals surface area contributed by atoms with Crippen LogP contribution >= 0.6 is 11.6 Å². The quantitative estimate of drug-likeness (QED) is 0.499. The summed E-state index contributed by atoms with van der Waals surface area (Å²) in [6.07, 6.45) is 2.08. The molecule has 0 unspecified atom stereocenters. The lowest BCUT2D eigenvalue weighted by atomic mass is 10.0. The van der Waals surface area contributed by atoms with Crippen LogP contribution in [0.5, 0.6) is 0 Å². The number of carbonyl (C=O) groups is 1. The number of pyridine rings is 1. The van der Waals surface area contributed by atoms with Gasteiger partial charge in [0.15, 0.2) is 5.82 Å². The Hall–Kier alpha value is -3.51. The van der Waals surface area contributed by atoms with Crippen LogP contribution in [0.15, 0.2) is 66.9 Å². The van der Waals surface area contributed by atoms with Crippen molar-refractivity contribution in [3.8, 4) is 0 Å². The van der Waals surface area contributed by atoms with Crippen LogP contribution in [0.1, 0.15) is 29.2 Å². The Morgan fingerprint density at radius 3 is 2.45 bits per heavy atom. The first-order chi connectivity index (χ1) is 13.6. The molecule has 3 N–H and O–H groups in total. The molecule has 0 bridgehead atoms. The van der Waals surface area contributed by atoms with E-state index in [1.807, 2.05) is 54.6 Å². The molecule has 2 aromatic heterocycles. The molecule has 0 fully saturated rings. The highest BCUT2D eigenvalue weighted by molar-refractivity contribution is 6.30. The van der Waals surface area contributed by atoms with Crippen molar-refractivity contribution in [3.05, 3.63) is 88.8 Å². The van der Waals surface area contributed by atoms with Crippen molar-refractivity contribution in [2.75, 3.05) is 5.32 Å². The average Bonchev–Trinajstić information content (AvgIpc) is 2.71. The second-order valence-electron chi connectivity index (χ2n) is 6.26. The van der Waals surface area contributed by atoms with Gasteiger partial charge in [-0.1, -0.05) is 43.3 Å². The van der Waals surface area contributed by atoms with E-state index in [-0.39, 0.29) is 13.1 Å². The fourth-order valence-electron chi connectivity index (χ4n) is 2.96. The maximum atomic E-state index is 11.4. The Morgan fingerprint density at radius 2 is 1.72 bits per heavy atom. The molecule has 0 aliphatic carbocycles. The summed E-state index contributed by atoms with van der Waals surface area (Å²) < 4.78 is 0. The zero-order valence-corrected chi connectivity index (χ0v) is 15.5. The number of hydrogen-bond acceptors (Lipinski definition) is 5. The van der Waals surface area contributed by atoms with Crippen molar-refractivity contribution in [3.63, 3.8) is 0 Å². The average molecular weight is 406 g/mol. The number of anilines is 2. The van der Waals surface area contributed by atoms with E-state index in [0.717, 1.165) is 27.7 Å². The standard InChI is InChI=1S/C21H16ClN5O.CH4/c22-14-5-7-15(8-6-14)25-21-17-4-2-1-3-16(17)18(26-27-21)11-13-9-10-24-19(12-13)20(23)28;/h1-10,12H,11H2,(H2,23,28)(H,25,27);1H4. The Balaban J connectivity index is 0.00000240. The molecule has 0 radical (unpaired) electrons. The fourth-order valence-corrected chi connectivity index (χ4v) is 3.09. The van der Waals surface area contributed by atoms with Gasteiger partial charge in [-0.05, 0) is 42.0 Å². The maximum absolute atomic E-state index is 11.4. The molecule has 0 aliphatic heterocycles. The summed E-state index contributed by atoms with van der Waals surface area (Å²) in [6.45, 7) is 0. The Labute approximate surface area is 173 Å². The monoisotopic (exact) mass is 405 g/mol. The topological polar surface area (TPSA) is 93.8 Å². The molecule has 0 atom stereocenters. The number of carbonyl (C=O) groups excluding carboxylic acids is 1. The third kappa shape index (κ3) is 4.50. The van der Waals surface area contributed by atoms with Gasteiger partial charge < -0.3 is 11.1 Å². The number of primary amides is 1. The summed E-state index contributed by atoms with van der Waals surface area (Å²) in [7, 11) is 0. The first kappa shape index (κ1) is 20.2. The van der Waals surface area contributed by atoms with Crippen LogP contribution in [-0.2, 0) is 6.42 Å². The second kappa shape index (κ2) is 8.67. The van der Waals surface area contributed by atoms with E-state index in [0.29, 0.717) is 17.3 Å². The van der Waals surface area contributed by atoms with E-state index >= 15 is 0 Å². The highest BCUT2D eigenvalue weighted by Gasteiger charge is 2.11. The minimum absolute atomic E-state index is 0. The zero-order chi connectivity index (χ0) is 19.5. The molecule has 2 heterocycles. The third-order valence-electron chi connectivity index (χ3n) is 4.32. The summed E-state index contributed by atoms with van der Waals surface area (Å²) in [5, 5.41) is 14.7. The second-order valence-corrected chi connectivity index (χ2v) is 6.70. The first-order valence-electron chi connectivity index (χ1n) is 8.62. The molecule has 6 nitrogen and oxygen atoms in total. The summed E-state index contributed by atoms with van der Waals surface area (Å²) in [6, 6.07) is 18.8.